The summed E-state index contributed by atoms with van der Waals surface area (Å²) < 4.78 is 32.4. The Morgan fingerprint density at radius 3 is 1.73 bits per heavy atom. The van der Waals surface area contributed by atoms with Gasteiger partial charge in [-0.2, -0.15) is 0 Å². The van der Waals surface area contributed by atoms with Crippen molar-refractivity contribution in [3.05, 3.63) is 34.1 Å². The lowest BCUT2D eigenvalue weighted by atomic mass is 10.0. The van der Waals surface area contributed by atoms with Crippen LogP contribution in [0.5, 0.6) is 0 Å². The van der Waals surface area contributed by atoms with Crippen LogP contribution in [0.2, 0.25) is 0 Å². The smallest absolute Gasteiger partial charge is 0.124 e. The van der Waals surface area contributed by atoms with E-state index in [1.54, 1.807) is 0 Å². The van der Waals surface area contributed by atoms with E-state index in [9.17, 15) is 4.39 Å². The number of benzene rings is 1. The molecular formula is C31H56BrFO3S. The van der Waals surface area contributed by atoms with Gasteiger partial charge < -0.3 is 13.7 Å². The van der Waals surface area contributed by atoms with E-state index in [-0.39, 0.29) is 11.9 Å². The zero-order valence-electron chi connectivity index (χ0n) is 24.3. The molecule has 3 nitrogen and oxygen atoms in total. The monoisotopic (exact) mass is 606 g/mol. The summed E-state index contributed by atoms with van der Waals surface area (Å²) in [5.74, 6) is -0.264. The SMILES string of the molecule is CCCCCCCCCCCCCCCCCCOCC(COS(C)(C)C)OCc1cc(F)cc(Br)c1. The summed E-state index contributed by atoms with van der Waals surface area (Å²) in [6.07, 6.45) is 28.1. The predicted molar refractivity (Wildman–Crippen MR) is 164 cm³/mol. The van der Waals surface area contributed by atoms with E-state index in [1.807, 2.05) is 6.07 Å². The molecule has 0 aliphatic carbocycles. The molecule has 0 heterocycles. The molecule has 0 aliphatic heterocycles. The predicted octanol–water partition coefficient (Wildman–Crippen LogP) is 10.4. The van der Waals surface area contributed by atoms with Gasteiger partial charge in [0.15, 0.2) is 0 Å². The standard InChI is InChI=1S/C31H56BrFO3S/c1-5-6-7-8-9-10-11-12-13-14-15-16-17-18-19-20-21-34-26-31(27-36-37(2,3)4)35-25-28-22-29(32)24-30(33)23-28/h22-24,31H,5-21,25-27H2,1-4H3. The van der Waals surface area contributed by atoms with Crippen LogP contribution in [-0.2, 0) is 20.3 Å². The summed E-state index contributed by atoms with van der Waals surface area (Å²) in [6.45, 7) is 4.38. The Bertz CT molecular complexity index is 648. The van der Waals surface area contributed by atoms with Crippen LogP contribution in [0.15, 0.2) is 22.7 Å². The lowest BCUT2D eigenvalue weighted by Gasteiger charge is -2.28. The minimum atomic E-state index is -1.08. The van der Waals surface area contributed by atoms with Crippen LogP contribution in [0.25, 0.3) is 0 Å². The van der Waals surface area contributed by atoms with Crippen molar-refractivity contribution in [2.75, 3.05) is 38.6 Å². The summed E-state index contributed by atoms with van der Waals surface area (Å²) in [6, 6.07) is 4.84. The maximum Gasteiger partial charge on any atom is 0.124 e. The van der Waals surface area contributed by atoms with Gasteiger partial charge in [-0.05, 0) is 49.0 Å². The summed E-state index contributed by atoms with van der Waals surface area (Å²) in [4.78, 5) is 0. The van der Waals surface area contributed by atoms with Gasteiger partial charge in [0.1, 0.15) is 11.9 Å². The Hall–Kier alpha value is -0.140. The van der Waals surface area contributed by atoms with E-state index in [0.717, 1.165) is 23.1 Å². The van der Waals surface area contributed by atoms with Crippen molar-refractivity contribution in [1.29, 1.82) is 0 Å². The van der Waals surface area contributed by atoms with E-state index < -0.39 is 10.3 Å². The van der Waals surface area contributed by atoms with Crippen molar-refractivity contribution in [2.24, 2.45) is 0 Å². The highest BCUT2D eigenvalue weighted by Crippen LogP contribution is 2.36. The molecule has 1 aromatic rings. The quantitative estimate of drug-likeness (QED) is 0.104. The molecule has 218 valence electrons. The normalized spacial score (nSPS) is 13.2. The zero-order chi connectivity index (χ0) is 27.2. The highest BCUT2D eigenvalue weighted by atomic mass is 79.9. The van der Waals surface area contributed by atoms with E-state index in [4.69, 9.17) is 13.7 Å². The third-order valence-electron chi connectivity index (χ3n) is 6.46. The highest BCUT2D eigenvalue weighted by molar-refractivity contribution is 9.10. The Morgan fingerprint density at radius 1 is 0.730 bits per heavy atom. The Labute approximate surface area is 238 Å². The summed E-state index contributed by atoms with van der Waals surface area (Å²) in [5.41, 5.74) is 0.804. The number of unbranched alkanes of at least 4 members (excludes halogenated alkanes) is 15. The van der Waals surface area contributed by atoms with Gasteiger partial charge in [0.2, 0.25) is 0 Å². The van der Waals surface area contributed by atoms with Gasteiger partial charge in [-0.3, -0.25) is 0 Å². The molecule has 6 heteroatoms. The van der Waals surface area contributed by atoms with Gasteiger partial charge in [0.05, 0.1) is 19.8 Å². The molecule has 0 saturated carbocycles. The molecule has 1 rings (SSSR count). The third kappa shape index (κ3) is 22.4. The van der Waals surface area contributed by atoms with Crippen molar-refractivity contribution in [3.63, 3.8) is 0 Å². The molecule has 0 radical (unpaired) electrons. The summed E-state index contributed by atoms with van der Waals surface area (Å²) in [5, 5.41) is 0. The highest BCUT2D eigenvalue weighted by Gasteiger charge is 2.15. The molecule has 1 unspecified atom stereocenters. The van der Waals surface area contributed by atoms with Gasteiger partial charge >= 0.3 is 0 Å². The minimum Gasteiger partial charge on any atom is -0.379 e. The lowest BCUT2D eigenvalue weighted by molar-refractivity contribution is -0.0433. The molecule has 0 bridgehead atoms. The molecule has 0 aliphatic rings. The van der Waals surface area contributed by atoms with Crippen molar-refractivity contribution in [1.82, 2.24) is 0 Å². The number of hydrogen-bond donors (Lipinski definition) is 0. The first-order valence-corrected chi connectivity index (χ1v) is 18.3. The van der Waals surface area contributed by atoms with E-state index in [2.05, 4.69) is 41.6 Å². The Morgan fingerprint density at radius 2 is 1.24 bits per heavy atom. The lowest BCUT2D eigenvalue weighted by Crippen LogP contribution is -2.26. The number of ether oxygens (including phenoxy) is 2. The molecule has 0 saturated heterocycles. The Kier molecular flexibility index (Phi) is 21.4. The molecule has 37 heavy (non-hydrogen) atoms. The second-order valence-corrected chi connectivity index (χ2v) is 15.7. The van der Waals surface area contributed by atoms with Crippen LogP contribution in [-0.4, -0.2) is 44.7 Å². The minimum absolute atomic E-state index is 0.158. The first kappa shape index (κ1) is 34.9. The van der Waals surface area contributed by atoms with Gasteiger partial charge in [-0.1, -0.05) is 119 Å². The van der Waals surface area contributed by atoms with Crippen LogP contribution in [0.1, 0.15) is 115 Å². The number of halogens is 2. The maximum atomic E-state index is 13.7. The fourth-order valence-corrected chi connectivity index (χ4v) is 5.37. The summed E-state index contributed by atoms with van der Waals surface area (Å²) >= 11 is 3.34. The van der Waals surface area contributed by atoms with Gasteiger partial charge in [0.25, 0.3) is 0 Å². The van der Waals surface area contributed by atoms with E-state index in [0.29, 0.717) is 19.8 Å². The van der Waals surface area contributed by atoms with Crippen molar-refractivity contribution < 1.29 is 18.0 Å². The van der Waals surface area contributed by atoms with Crippen LogP contribution < -0.4 is 0 Å². The second kappa shape index (κ2) is 22.7. The van der Waals surface area contributed by atoms with Crippen molar-refractivity contribution in [3.8, 4) is 0 Å². The average Bonchev–Trinajstić information content (AvgIpc) is 2.83. The summed E-state index contributed by atoms with van der Waals surface area (Å²) in [7, 11) is -1.08. The van der Waals surface area contributed by atoms with Crippen LogP contribution in [0.4, 0.5) is 4.39 Å². The molecule has 0 fully saturated rings. The van der Waals surface area contributed by atoms with E-state index in [1.165, 1.54) is 108 Å². The molecule has 0 amide bonds. The zero-order valence-corrected chi connectivity index (χ0v) is 26.7. The molecule has 0 aromatic heterocycles. The number of rotatable bonds is 25. The van der Waals surface area contributed by atoms with Gasteiger partial charge in [-0.15, -0.1) is 10.3 Å². The van der Waals surface area contributed by atoms with Gasteiger partial charge in [0, 0.05) is 11.1 Å². The first-order chi connectivity index (χ1) is 17.8. The van der Waals surface area contributed by atoms with Crippen molar-refractivity contribution >= 4 is 26.2 Å². The maximum absolute atomic E-state index is 13.7. The van der Waals surface area contributed by atoms with Gasteiger partial charge in [-0.25, -0.2) is 4.39 Å². The average molecular weight is 608 g/mol. The molecule has 0 N–H and O–H groups in total. The Balaban J connectivity index is 2.04. The topological polar surface area (TPSA) is 27.7 Å². The van der Waals surface area contributed by atoms with Crippen LogP contribution in [0.3, 0.4) is 0 Å². The second-order valence-electron chi connectivity index (χ2n) is 11.1. The molecule has 1 aromatic carbocycles. The van der Waals surface area contributed by atoms with Crippen LogP contribution >= 0.6 is 26.2 Å². The van der Waals surface area contributed by atoms with Crippen LogP contribution in [0, 0.1) is 5.82 Å². The molecule has 1 atom stereocenters. The fourth-order valence-electron chi connectivity index (χ4n) is 4.30. The number of hydrogen-bond acceptors (Lipinski definition) is 3. The van der Waals surface area contributed by atoms with E-state index >= 15 is 0 Å². The van der Waals surface area contributed by atoms with Crippen molar-refractivity contribution in [2.45, 2.75) is 122 Å². The third-order valence-corrected chi connectivity index (χ3v) is 7.76. The largest absolute Gasteiger partial charge is 0.379 e. The molecular weight excluding hydrogens is 551 g/mol. The fraction of sp³-hybridized carbons (Fsp3) is 0.806. The first-order valence-electron chi connectivity index (χ1n) is 14.8. The molecule has 0 spiro atoms.